The Morgan fingerprint density at radius 3 is 2.25 bits per heavy atom. The average Bonchev–Trinajstić information content (AvgIpc) is 2.53. The Bertz CT molecular complexity index is 534. The topological polar surface area (TPSA) is 18.5 Å². The fraction of sp³-hybridized carbons (Fsp3) is 0.333. The Labute approximate surface area is 121 Å². The van der Waals surface area contributed by atoms with Crippen LogP contribution in [0.25, 0.3) is 0 Å². The van der Waals surface area contributed by atoms with Crippen LogP contribution in [0, 0.1) is 0 Å². The lowest BCUT2D eigenvalue weighted by atomic mass is 9.94. The van der Waals surface area contributed by atoms with Gasteiger partial charge in [-0.15, -0.1) is 0 Å². The number of hydrogen-bond donors (Lipinski definition) is 0. The SMILES string of the molecule is COc1ccc(CCC(C)c2ccccc2)cc1OC. The number of rotatable bonds is 6. The van der Waals surface area contributed by atoms with Crippen molar-refractivity contribution in [1.29, 1.82) is 0 Å². The molecule has 2 heteroatoms. The lowest BCUT2D eigenvalue weighted by Crippen LogP contribution is -1.97. The first kappa shape index (κ1) is 14.4. The van der Waals surface area contributed by atoms with Crippen molar-refractivity contribution in [3.05, 3.63) is 59.7 Å². The fourth-order valence-electron chi connectivity index (χ4n) is 2.37. The Morgan fingerprint density at radius 2 is 1.60 bits per heavy atom. The second kappa shape index (κ2) is 6.99. The third-order valence-electron chi connectivity index (χ3n) is 3.68. The van der Waals surface area contributed by atoms with E-state index in [1.807, 2.05) is 6.07 Å². The van der Waals surface area contributed by atoms with Crippen molar-refractivity contribution in [2.75, 3.05) is 14.2 Å². The summed E-state index contributed by atoms with van der Waals surface area (Å²) < 4.78 is 10.6. The van der Waals surface area contributed by atoms with Crippen molar-refractivity contribution in [1.82, 2.24) is 0 Å². The zero-order valence-corrected chi connectivity index (χ0v) is 12.4. The Kier molecular flexibility index (Phi) is 5.05. The molecule has 0 saturated heterocycles. The molecule has 0 N–H and O–H groups in total. The summed E-state index contributed by atoms with van der Waals surface area (Å²) in [5.41, 5.74) is 2.68. The van der Waals surface area contributed by atoms with Gasteiger partial charge in [0.25, 0.3) is 0 Å². The molecular weight excluding hydrogens is 248 g/mol. The molecule has 0 amide bonds. The monoisotopic (exact) mass is 270 g/mol. The molecule has 0 radical (unpaired) electrons. The van der Waals surface area contributed by atoms with Crippen LogP contribution >= 0.6 is 0 Å². The van der Waals surface area contributed by atoms with Gasteiger partial charge < -0.3 is 9.47 Å². The number of ether oxygens (including phenoxy) is 2. The van der Waals surface area contributed by atoms with E-state index < -0.39 is 0 Å². The maximum Gasteiger partial charge on any atom is 0.160 e. The Morgan fingerprint density at radius 1 is 0.900 bits per heavy atom. The average molecular weight is 270 g/mol. The first-order valence-electron chi connectivity index (χ1n) is 7.00. The van der Waals surface area contributed by atoms with E-state index in [2.05, 4.69) is 49.4 Å². The molecule has 2 nitrogen and oxygen atoms in total. The van der Waals surface area contributed by atoms with Gasteiger partial charge in [0.2, 0.25) is 0 Å². The van der Waals surface area contributed by atoms with Crippen LogP contribution in [0.1, 0.15) is 30.4 Å². The molecule has 2 aromatic carbocycles. The molecule has 20 heavy (non-hydrogen) atoms. The molecule has 0 aliphatic carbocycles. The minimum atomic E-state index is 0.560. The van der Waals surface area contributed by atoms with Crippen LogP contribution in [0.4, 0.5) is 0 Å². The summed E-state index contributed by atoms with van der Waals surface area (Å²) in [5, 5.41) is 0. The van der Waals surface area contributed by atoms with Crippen molar-refractivity contribution in [2.45, 2.75) is 25.7 Å². The molecular formula is C18H22O2. The highest BCUT2D eigenvalue weighted by Gasteiger charge is 2.08. The van der Waals surface area contributed by atoms with E-state index in [1.54, 1.807) is 14.2 Å². The zero-order valence-electron chi connectivity index (χ0n) is 12.4. The van der Waals surface area contributed by atoms with Crippen LogP contribution in [0.15, 0.2) is 48.5 Å². The van der Waals surface area contributed by atoms with Gasteiger partial charge in [-0.1, -0.05) is 43.3 Å². The molecule has 106 valence electrons. The molecule has 0 saturated carbocycles. The van der Waals surface area contributed by atoms with Gasteiger partial charge in [0.05, 0.1) is 14.2 Å². The Balaban J connectivity index is 2.00. The second-order valence-electron chi connectivity index (χ2n) is 5.04. The van der Waals surface area contributed by atoms with E-state index in [0.717, 1.165) is 24.3 Å². The molecule has 1 unspecified atom stereocenters. The standard InChI is InChI=1S/C18H22O2/c1-14(16-7-5-4-6-8-16)9-10-15-11-12-17(19-2)18(13-15)20-3/h4-8,11-14H,9-10H2,1-3H3. The minimum absolute atomic E-state index is 0.560. The molecule has 1 atom stereocenters. The first-order valence-corrected chi connectivity index (χ1v) is 7.00. The van der Waals surface area contributed by atoms with Gasteiger partial charge in [-0.2, -0.15) is 0 Å². The van der Waals surface area contributed by atoms with Gasteiger partial charge in [-0.3, -0.25) is 0 Å². The summed E-state index contributed by atoms with van der Waals surface area (Å²) in [6.45, 7) is 2.27. The molecule has 0 bridgehead atoms. The number of aryl methyl sites for hydroxylation is 1. The fourth-order valence-corrected chi connectivity index (χ4v) is 2.37. The highest BCUT2D eigenvalue weighted by atomic mass is 16.5. The van der Waals surface area contributed by atoms with E-state index in [9.17, 15) is 0 Å². The van der Waals surface area contributed by atoms with E-state index in [1.165, 1.54) is 11.1 Å². The van der Waals surface area contributed by atoms with Gasteiger partial charge in [-0.05, 0) is 42.0 Å². The maximum absolute atomic E-state index is 5.34. The summed E-state index contributed by atoms with van der Waals surface area (Å²) in [6, 6.07) is 16.8. The molecule has 0 aliphatic rings. The third-order valence-corrected chi connectivity index (χ3v) is 3.68. The van der Waals surface area contributed by atoms with Gasteiger partial charge in [0.15, 0.2) is 11.5 Å². The normalized spacial score (nSPS) is 11.9. The highest BCUT2D eigenvalue weighted by Crippen LogP contribution is 2.29. The molecule has 0 fully saturated rings. The van der Waals surface area contributed by atoms with E-state index in [-0.39, 0.29) is 0 Å². The summed E-state index contributed by atoms with van der Waals surface area (Å²) in [6.07, 6.45) is 2.16. The summed E-state index contributed by atoms with van der Waals surface area (Å²) in [4.78, 5) is 0. The van der Waals surface area contributed by atoms with Crippen LogP contribution < -0.4 is 9.47 Å². The summed E-state index contributed by atoms with van der Waals surface area (Å²) in [7, 11) is 3.34. The highest BCUT2D eigenvalue weighted by molar-refractivity contribution is 5.43. The van der Waals surface area contributed by atoms with Crippen molar-refractivity contribution in [3.63, 3.8) is 0 Å². The minimum Gasteiger partial charge on any atom is -0.493 e. The lowest BCUT2D eigenvalue weighted by Gasteiger charge is -2.13. The second-order valence-corrected chi connectivity index (χ2v) is 5.04. The number of methoxy groups -OCH3 is 2. The van der Waals surface area contributed by atoms with E-state index in [4.69, 9.17) is 9.47 Å². The largest absolute Gasteiger partial charge is 0.493 e. The van der Waals surface area contributed by atoms with Crippen LogP contribution in [0.5, 0.6) is 11.5 Å². The third kappa shape index (κ3) is 3.53. The van der Waals surface area contributed by atoms with Crippen molar-refractivity contribution < 1.29 is 9.47 Å². The maximum atomic E-state index is 5.34. The molecule has 2 rings (SSSR count). The number of hydrogen-bond acceptors (Lipinski definition) is 2. The van der Waals surface area contributed by atoms with E-state index >= 15 is 0 Å². The predicted molar refractivity (Wildman–Crippen MR) is 82.7 cm³/mol. The lowest BCUT2D eigenvalue weighted by molar-refractivity contribution is 0.354. The van der Waals surface area contributed by atoms with Crippen molar-refractivity contribution in [2.24, 2.45) is 0 Å². The molecule has 0 heterocycles. The van der Waals surface area contributed by atoms with Crippen LogP contribution in [-0.4, -0.2) is 14.2 Å². The predicted octanol–water partition coefficient (Wildman–Crippen LogP) is 4.44. The van der Waals surface area contributed by atoms with E-state index in [0.29, 0.717) is 5.92 Å². The van der Waals surface area contributed by atoms with Crippen molar-refractivity contribution >= 4 is 0 Å². The van der Waals surface area contributed by atoms with Crippen LogP contribution in [-0.2, 0) is 6.42 Å². The number of benzene rings is 2. The van der Waals surface area contributed by atoms with Crippen LogP contribution in [0.3, 0.4) is 0 Å². The van der Waals surface area contributed by atoms with Gasteiger partial charge >= 0.3 is 0 Å². The molecule has 2 aromatic rings. The molecule has 0 aromatic heterocycles. The van der Waals surface area contributed by atoms with Crippen LogP contribution in [0.2, 0.25) is 0 Å². The molecule has 0 spiro atoms. The van der Waals surface area contributed by atoms with Gasteiger partial charge in [0, 0.05) is 0 Å². The Hall–Kier alpha value is -1.96. The summed E-state index contributed by atoms with van der Waals surface area (Å²) >= 11 is 0. The molecule has 0 aliphatic heterocycles. The quantitative estimate of drug-likeness (QED) is 0.772. The van der Waals surface area contributed by atoms with Gasteiger partial charge in [-0.25, -0.2) is 0 Å². The first-order chi connectivity index (χ1) is 9.74. The summed E-state index contributed by atoms with van der Waals surface area (Å²) in [5.74, 6) is 2.15. The van der Waals surface area contributed by atoms with Gasteiger partial charge in [0.1, 0.15) is 0 Å². The smallest absolute Gasteiger partial charge is 0.160 e. The zero-order chi connectivity index (χ0) is 14.4. The van der Waals surface area contributed by atoms with Crippen molar-refractivity contribution in [3.8, 4) is 11.5 Å².